The van der Waals surface area contributed by atoms with Gasteiger partial charge in [-0.15, -0.1) is 23.1 Å². The molecule has 1 heterocycles. The van der Waals surface area contributed by atoms with Crippen molar-refractivity contribution in [1.82, 2.24) is 5.32 Å². The molecule has 0 saturated heterocycles. The average Bonchev–Trinajstić information content (AvgIpc) is 2.75. The number of nitrogens with one attached hydrogen (secondary N) is 1. The lowest BCUT2D eigenvalue weighted by Crippen LogP contribution is -2.15. The molecule has 2 aromatic rings. The molecule has 0 unspecified atom stereocenters. The third kappa shape index (κ3) is 4.48. The summed E-state index contributed by atoms with van der Waals surface area (Å²) in [5.41, 5.74) is 1.34. The van der Waals surface area contributed by atoms with Crippen LogP contribution in [0.2, 0.25) is 0 Å². The lowest BCUT2D eigenvalue weighted by molar-refractivity contribution is 0.741. The first-order valence-corrected chi connectivity index (χ1v) is 8.00. The fourth-order valence-corrected chi connectivity index (χ4v) is 3.52. The number of benzene rings is 1. The van der Waals surface area contributed by atoms with Crippen LogP contribution in [0.25, 0.3) is 0 Å². The van der Waals surface area contributed by atoms with E-state index in [4.69, 9.17) is 0 Å². The molecule has 0 saturated carbocycles. The minimum absolute atomic E-state index is 0.993. The van der Waals surface area contributed by atoms with E-state index in [9.17, 15) is 0 Å². The lowest BCUT2D eigenvalue weighted by atomic mass is 10.2. The molecule has 0 fully saturated rings. The van der Waals surface area contributed by atoms with Gasteiger partial charge in [0.2, 0.25) is 0 Å². The second kappa shape index (κ2) is 6.98. The molecule has 0 bridgehead atoms. The Morgan fingerprint density at radius 1 is 1.17 bits per heavy atom. The Morgan fingerprint density at radius 3 is 2.78 bits per heavy atom. The van der Waals surface area contributed by atoms with Crippen LogP contribution in [0.1, 0.15) is 15.3 Å². The highest BCUT2D eigenvalue weighted by molar-refractivity contribution is 7.99. The van der Waals surface area contributed by atoms with Crippen molar-refractivity contribution in [2.45, 2.75) is 25.3 Å². The molecule has 0 amide bonds. The van der Waals surface area contributed by atoms with Crippen LogP contribution in [0.4, 0.5) is 0 Å². The van der Waals surface area contributed by atoms with Crippen LogP contribution in [0.15, 0.2) is 41.3 Å². The largest absolute Gasteiger partial charge is 0.311 e. The molecule has 0 atom stereocenters. The Bertz CT molecular complexity index is 491. The third-order valence-electron chi connectivity index (χ3n) is 2.63. The number of aryl methyl sites for hydroxylation is 2. The van der Waals surface area contributed by atoms with Gasteiger partial charge in [-0.05, 0) is 38.1 Å². The van der Waals surface area contributed by atoms with E-state index in [2.05, 4.69) is 55.6 Å². The monoisotopic (exact) mass is 277 g/mol. The van der Waals surface area contributed by atoms with Gasteiger partial charge >= 0.3 is 0 Å². The molecule has 96 valence electrons. The SMILES string of the molecule is Cc1cccc(SCCNCc2ccc(C)s2)c1. The van der Waals surface area contributed by atoms with Gasteiger partial charge in [0.1, 0.15) is 0 Å². The highest BCUT2D eigenvalue weighted by Crippen LogP contribution is 2.18. The van der Waals surface area contributed by atoms with Crippen LogP contribution >= 0.6 is 23.1 Å². The highest BCUT2D eigenvalue weighted by atomic mass is 32.2. The zero-order valence-corrected chi connectivity index (χ0v) is 12.5. The second-order valence-electron chi connectivity index (χ2n) is 4.35. The van der Waals surface area contributed by atoms with Gasteiger partial charge in [0.15, 0.2) is 0 Å². The molecular formula is C15H19NS2. The Kier molecular flexibility index (Phi) is 5.29. The molecule has 1 aromatic carbocycles. The topological polar surface area (TPSA) is 12.0 Å². The first kappa shape index (κ1) is 13.7. The van der Waals surface area contributed by atoms with Crippen molar-refractivity contribution in [1.29, 1.82) is 0 Å². The predicted molar refractivity (Wildman–Crippen MR) is 82.7 cm³/mol. The Morgan fingerprint density at radius 2 is 2.06 bits per heavy atom. The molecule has 0 aliphatic rings. The van der Waals surface area contributed by atoms with Gasteiger partial charge in [0.25, 0.3) is 0 Å². The van der Waals surface area contributed by atoms with E-state index in [1.54, 1.807) is 0 Å². The van der Waals surface area contributed by atoms with E-state index in [1.165, 1.54) is 20.2 Å². The maximum Gasteiger partial charge on any atom is 0.0300 e. The summed E-state index contributed by atoms with van der Waals surface area (Å²) < 4.78 is 0. The van der Waals surface area contributed by atoms with Crippen LogP contribution < -0.4 is 5.32 Å². The van der Waals surface area contributed by atoms with Crippen LogP contribution in [0, 0.1) is 13.8 Å². The molecule has 2 rings (SSSR count). The minimum Gasteiger partial charge on any atom is -0.311 e. The smallest absolute Gasteiger partial charge is 0.0300 e. The van der Waals surface area contributed by atoms with E-state index in [0.29, 0.717) is 0 Å². The number of thiophene rings is 1. The fourth-order valence-electron chi connectivity index (χ4n) is 1.74. The molecule has 0 radical (unpaired) electrons. The van der Waals surface area contributed by atoms with Gasteiger partial charge in [-0.25, -0.2) is 0 Å². The highest BCUT2D eigenvalue weighted by Gasteiger charge is 1.97. The summed E-state index contributed by atoms with van der Waals surface area (Å²) in [6.07, 6.45) is 0. The average molecular weight is 277 g/mol. The standard InChI is InChI=1S/C15H19NS2/c1-12-4-3-5-14(10-12)17-9-8-16-11-15-7-6-13(2)18-15/h3-7,10,16H,8-9,11H2,1-2H3. The number of hydrogen-bond donors (Lipinski definition) is 1. The third-order valence-corrected chi connectivity index (χ3v) is 4.63. The van der Waals surface area contributed by atoms with Gasteiger partial charge in [0, 0.05) is 33.5 Å². The van der Waals surface area contributed by atoms with E-state index in [0.717, 1.165) is 18.8 Å². The van der Waals surface area contributed by atoms with Crippen molar-refractivity contribution < 1.29 is 0 Å². The molecule has 1 aromatic heterocycles. The number of hydrogen-bond acceptors (Lipinski definition) is 3. The summed E-state index contributed by atoms with van der Waals surface area (Å²) in [4.78, 5) is 4.18. The molecular weight excluding hydrogens is 258 g/mol. The maximum absolute atomic E-state index is 3.49. The van der Waals surface area contributed by atoms with Crippen molar-refractivity contribution in [3.05, 3.63) is 51.7 Å². The molecule has 0 aliphatic heterocycles. The quantitative estimate of drug-likeness (QED) is 0.626. The van der Waals surface area contributed by atoms with Crippen LogP contribution in [-0.2, 0) is 6.54 Å². The zero-order chi connectivity index (χ0) is 12.8. The summed E-state index contributed by atoms with van der Waals surface area (Å²) >= 11 is 3.79. The molecule has 18 heavy (non-hydrogen) atoms. The normalized spacial score (nSPS) is 10.8. The van der Waals surface area contributed by atoms with Gasteiger partial charge in [-0.2, -0.15) is 0 Å². The van der Waals surface area contributed by atoms with Crippen molar-refractivity contribution in [2.24, 2.45) is 0 Å². The summed E-state index contributed by atoms with van der Waals surface area (Å²) in [6, 6.07) is 13.1. The second-order valence-corrected chi connectivity index (χ2v) is 6.89. The molecule has 3 heteroatoms. The van der Waals surface area contributed by atoms with E-state index >= 15 is 0 Å². The fraction of sp³-hybridized carbons (Fsp3) is 0.333. The molecule has 0 spiro atoms. The zero-order valence-electron chi connectivity index (χ0n) is 10.9. The van der Waals surface area contributed by atoms with Crippen molar-refractivity contribution in [2.75, 3.05) is 12.3 Å². The van der Waals surface area contributed by atoms with Crippen LogP contribution in [0.5, 0.6) is 0 Å². The Hall–Kier alpha value is -0.770. The van der Waals surface area contributed by atoms with Crippen molar-refractivity contribution >= 4 is 23.1 Å². The van der Waals surface area contributed by atoms with Crippen molar-refractivity contribution in [3.8, 4) is 0 Å². The summed E-state index contributed by atoms with van der Waals surface area (Å²) in [6.45, 7) is 6.34. The Balaban J connectivity index is 1.64. The van der Waals surface area contributed by atoms with E-state index in [-0.39, 0.29) is 0 Å². The van der Waals surface area contributed by atoms with E-state index in [1.807, 2.05) is 23.1 Å². The summed E-state index contributed by atoms with van der Waals surface area (Å²) in [7, 11) is 0. The first-order chi connectivity index (χ1) is 8.74. The minimum atomic E-state index is 0.993. The van der Waals surface area contributed by atoms with E-state index < -0.39 is 0 Å². The predicted octanol–water partition coefficient (Wildman–Crippen LogP) is 4.25. The summed E-state index contributed by atoms with van der Waals surface area (Å²) in [5, 5.41) is 3.49. The summed E-state index contributed by atoms with van der Waals surface area (Å²) in [5.74, 6) is 1.12. The molecule has 0 aliphatic carbocycles. The van der Waals surface area contributed by atoms with Gasteiger partial charge in [-0.1, -0.05) is 17.7 Å². The van der Waals surface area contributed by atoms with Gasteiger partial charge in [-0.3, -0.25) is 0 Å². The number of thioether (sulfide) groups is 1. The number of rotatable bonds is 6. The van der Waals surface area contributed by atoms with Crippen molar-refractivity contribution in [3.63, 3.8) is 0 Å². The lowest BCUT2D eigenvalue weighted by Gasteiger charge is -2.04. The van der Waals surface area contributed by atoms with Gasteiger partial charge in [0.05, 0.1) is 0 Å². The Labute approximate surface area is 118 Å². The molecule has 1 N–H and O–H groups in total. The van der Waals surface area contributed by atoms with Crippen LogP contribution in [0.3, 0.4) is 0 Å². The molecule has 1 nitrogen and oxygen atoms in total. The first-order valence-electron chi connectivity index (χ1n) is 6.19. The van der Waals surface area contributed by atoms with Gasteiger partial charge < -0.3 is 5.32 Å². The maximum atomic E-state index is 3.49. The van der Waals surface area contributed by atoms with Crippen LogP contribution in [-0.4, -0.2) is 12.3 Å².